The minimum Gasteiger partial charge on any atom is -0.466 e. The minimum atomic E-state index is -0.242. The molecule has 1 aliphatic heterocycles. The van der Waals surface area contributed by atoms with Crippen molar-refractivity contribution in [2.24, 2.45) is 5.92 Å². The third kappa shape index (κ3) is 3.28. The van der Waals surface area contributed by atoms with Crippen LogP contribution in [0.2, 0.25) is 5.02 Å². The van der Waals surface area contributed by atoms with Gasteiger partial charge in [-0.3, -0.25) is 14.6 Å². The molecule has 1 aromatic heterocycles. The summed E-state index contributed by atoms with van der Waals surface area (Å²) in [7, 11) is 0. The third-order valence-corrected chi connectivity index (χ3v) is 3.63. The monoisotopic (exact) mass is 296 g/mol. The van der Waals surface area contributed by atoms with E-state index >= 15 is 0 Å². The maximum atomic E-state index is 12.4. The molecule has 2 heterocycles. The summed E-state index contributed by atoms with van der Waals surface area (Å²) in [6, 6.07) is 1.60. The Labute approximate surface area is 122 Å². The first-order valence-corrected chi connectivity index (χ1v) is 7.06. The second-order valence-electron chi connectivity index (χ2n) is 4.70. The van der Waals surface area contributed by atoms with Crippen molar-refractivity contribution in [3.05, 3.63) is 29.0 Å². The summed E-state index contributed by atoms with van der Waals surface area (Å²) < 4.78 is 5.03. The Balaban J connectivity index is 2.07. The van der Waals surface area contributed by atoms with Crippen LogP contribution >= 0.6 is 11.6 Å². The minimum absolute atomic E-state index is 0.161. The zero-order chi connectivity index (χ0) is 14.5. The first-order chi connectivity index (χ1) is 9.63. The highest BCUT2D eigenvalue weighted by atomic mass is 35.5. The Morgan fingerprint density at radius 3 is 3.05 bits per heavy atom. The Bertz CT molecular complexity index is 507. The van der Waals surface area contributed by atoms with Gasteiger partial charge in [-0.2, -0.15) is 0 Å². The van der Waals surface area contributed by atoms with Gasteiger partial charge in [0.2, 0.25) is 0 Å². The molecule has 1 saturated heterocycles. The predicted octanol–water partition coefficient (Wildman–Crippen LogP) is 2.15. The van der Waals surface area contributed by atoms with Crippen LogP contribution in [-0.4, -0.2) is 41.5 Å². The SMILES string of the molecule is CCOC(=O)[C@H]1CCCN(C(=O)c2ccncc2Cl)C1. The van der Waals surface area contributed by atoms with E-state index in [-0.39, 0.29) is 17.8 Å². The van der Waals surface area contributed by atoms with Crippen LogP contribution in [-0.2, 0) is 9.53 Å². The number of hydrogen-bond acceptors (Lipinski definition) is 4. The van der Waals surface area contributed by atoms with E-state index < -0.39 is 0 Å². The molecule has 0 unspecified atom stereocenters. The van der Waals surface area contributed by atoms with E-state index in [1.54, 1.807) is 17.9 Å². The summed E-state index contributed by atoms with van der Waals surface area (Å²) in [6.07, 6.45) is 4.53. The molecule has 1 fully saturated rings. The van der Waals surface area contributed by atoms with Crippen molar-refractivity contribution in [2.45, 2.75) is 19.8 Å². The lowest BCUT2D eigenvalue weighted by Gasteiger charge is -2.31. The van der Waals surface area contributed by atoms with Crippen LogP contribution in [0.4, 0.5) is 0 Å². The highest BCUT2D eigenvalue weighted by Crippen LogP contribution is 2.22. The van der Waals surface area contributed by atoms with Gasteiger partial charge in [0, 0.05) is 25.5 Å². The number of ether oxygens (including phenoxy) is 1. The van der Waals surface area contributed by atoms with Crippen LogP contribution in [0.1, 0.15) is 30.1 Å². The van der Waals surface area contributed by atoms with Gasteiger partial charge in [-0.25, -0.2) is 0 Å². The van der Waals surface area contributed by atoms with Gasteiger partial charge in [-0.05, 0) is 25.8 Å². The van der Waals surface area contributed by atoms with E-state index in [4.69, 9.17) is 16.3 Å². The molecule has 0 spiro atoms. The zero-order valence-electron chi connectivity index (χ0n) is 11.3. The number of hydrogen-bond donors (Lipinski definition) is 0. The van der Waals surface area contributed by atoms with Crippen molar-refractivity contribution in [3.63, 3.8) is 0 Å². The molecule has 0 radical (unpaired) electrons. The second-order valence-corrected chi connectivity index (χ2v) is 5.11. The van der Waals surface area contributed by atoms with Crippen molar-refractivity contribution in [1.82, 2.24) is 9.88 Å². The fourth-order valence-electron chi connectivity index (χ4n) is 2.33. The summed E-state index contributed by atoms with van der Waals surface area (Å²) >= 11 is 5.99. The van der Waals surface area contributed by atoms with Gasteiger partial charge in [0.15, 0.2) is 0 Å². The van der Waals surface area contributed by atoms with Crippen molar-refractivity contribution < 1.29 is 14.3 Å². The maximum absolute atomic E-state index is 12.4. The molecule has 108 valence electrons. The van der Waals surface area contributed by atoms with Crippen LogP contribution in [0.15, 0.2) is 18.5 Å². The molecule has 6 heteroatoms. The van der Waals surface area contributed by atoms with Crippen molar-refractivity contribution in [3.8, 4) is 0 Å². The molecule has 0 aromatic carbocycles. The van der Waals surface area contributed by atoms with Gasteiger partial charge >= 0.3 is 5.97 Å². The number of nitrogens with zero attached hydrogens (tertiary/aromatic N) is 2. The molecule has 0 N–H and O–H groups in total. The predicted molar refractivity (Wildman–Crippen MR) is 74.5 cm³/mol. The first kappa shape index (κ1) is 14.8. The fraction of sp³-hybridized carbons (Fsp3) is 0.500. The molecule has 2 rings (SSSR count). The Morgan fingerprint density at radius 1 is 1.55 bits per heavy atom. The van der Waals surface area contributed by atoms with Crippen molar-refractivity contribution >= 4 is 23.5 Å². The summed E-state index contributed by atoms with van der Waals surface area (Å²) in [5.41, 5.74) is 0.422. The molecule has 5 nitrogen and oxygen atoms in total. The highest BCUT2D eigenvalue weighted by molar-refractivity contribution is 6.33. The van der Waals surface area contributed by atoms with Crippen LogP contribution in [0.25, 0.3) is 0 Å². The van der Waals surface area contributed by atoms with Crippen molar-refractivity contribution in [2.75, 3.05) is 19.7 Å². The lowest BCUT2D eigenvalue weighted by atomic mass is 9.97. The van der Waals surface area contributed by atoms with Gasteiger partial charge in [-0.15, -0.1) is 0 Å². The zero-order valence-corrected chi connectivity index (χ0v) is 12.1. The van der Waals surface area contributed by atoms with Gasteiger partial charge in [0.1, 0.15) is 0 Å². The number of rotatable bonds is 3. The van der Waals surface area contributed by atoms with E-state index in [1.165, 1.54) is 12.4 Å². The summed E-state index contributed by atoms with van der Waals surface area (Å²) in [5.74, 6) is -0.634. The second kappa shape index (κ2) is 6.70. The van der Waals surface area contributed by atoms with Crippen LogP contribution in [0.5, 0.6) is 0 Å². The lowest BCUT2D eigenvalue weighted by Crippen LogP contribution is -2.42. The molecule has 1 amide bonds. The number of esters is 1. The number of halogens is 1. The smallest absolute Gasteiger partial charge is 0.310 e. The molecule has 0 saturated carbocycles. The van der Waals surface area contributed by atoms with E-state index in [1.807, 2.05) is 0 Å². The Kier molecular flexibility index (Phi) is 4.95. The number of pyridine rings is 1. The lowest BCUT2D eigenvalue weighted by molar-refractivity contribution is -0.149. The number of likely N-dealkylation sites (tertiary alicyclic amines) is 1. The summed E-state index contributed by atoms with van der Waals surface area (Å²) in [5, 5.41) is 0.329. The first-order valence-electron chi connectivity index (χ1n) is 6.69. The Hall–Kier alpha value is -1.62. The van der Waals surface area contributed by atoms with E-state index in [2.05, 4.69) is 4.98 Å². The molecule has 20 heavy (non-hydrogen) atoms. The summed E-state index contributed by atoms with van der Waals surface area (Å²) in [6.45, 7) is 3.16. The fourth-order valence-corrected chi connectivity index (χ4v) is 2.53. The van der Waals surface area contributed by atoms with E-state index in [0.29, 0.717) is 30.3 Å². The molecule has 1 aliphatic rings. The molecular formula is C14H17ClN2O3. The van der Waals surface area contributed by atoms with Gasteiger partial charge < -0.3 is 9.64 Å². The van der Waals surface area contributed by atoms with Crippen LogP contribution < -0.4 is 0 Å². The number of aromatic nitrogens is 1. The molecule has 0 aliphatic carbocycles. The van der Waals surface area contributed by atoms with Gasteiger partial charge in [-0.1, -0.05) is 11.6 Å². The Morgan fingerprint density at radius 2 is 2.35 bits per heavy atom. The molecule has 0 bridgehead atoms. The van der Waals surface area contributed by atoms with Gasteiger partial charge in [0.05, 0.1) is 23.1 Å². The number of amides is 1. The average Bonchev–Trinajstić information content (AvgIpc) is 2.47. The normalized spacial score (nSPS) is 18.7. The molecule has 1 aromatic rings. The molecule has 1 atom stereocenters. The summed E-state index contributed by atoms with van der Waals surface area (Å²) in [4.78, 5) is 29.7. The quantitative estimate of drug-likeness (QED) is 0.802. The van der Waals surface area contributed by atoms with Gasteiger partial charge in [0.25, 0.3) is 5.91 Å². The number of piperidine rings is 1. The van der Waals surface area contributed by atoms with E-state index in [0.717, 1.165) is 12.8 Å². The van der Waals surface area contributed by atoms with Crippen LogP contribution in [0, 0.1) is 5.92 Å². The number of carbonyl (C=O) groups is 2. The van der Waals surface area contributed by atoms with Crippen LogP contribution in [0.3, 0.4) is 0 Å². The van der Waals surface area contributed by atoms with Crippen molar-refractivity contribution in [1.29, 1.82) is 0 Å². The third-order valence-electron chi connectivity index (χ3n) is 3.33. The maximum Gasteiger partial charge on any atom is 0.310 e. The van der Waals surface area contributed by atoms with E-state index in [9.17, 15) is 9.59 Å². The largest absolute Gasteiger partial charge is 0.466 e. The number of carbonyl (C=O) groups excluding carboxylic acids is 2. The molecular weight excluding hydrogens is 280 g/mol. The standard InChI is InChI=1S/C14H17ClN2O3/c1-2-20-14(19)10-4-3-7-17(9-10)13(18)11-5-6-16-8-12(11)15/h5-6,8,10H,2-4,7,9H2,1H3/t10-/m0/s1. The topological polar surface area (TPSA) is 59.5 Å². The highest BCUT2D eigenvalue weighted by Gasteiger charge is 2.30. The average molecular weight is 297 g/mol.